The first-order chi connectivity index (χ1) is 13.7. The second kappa shape index (κ2) is 11.7. The highest BCUT2D eigenvalue weighted by Crippen LogP contribution is 2.27. The van der Waals surface area contributed by atoms with Gasteiger partial charge in [0.15, 0.2) is 17.5 Å². The summed E-state index contributed by atoms with van der Waals surface area (Å²) in [5.74, 6) is 2.94. The molecule has 29 heavy (non-hydrogen) atoms. The number of methoxy groups -OCH3 is 2. The fourth-order valence-corrected chi connectivity index (χ4v) is 3.25. The Bertz CT molecular complexity index is 792. The average Bonchev–Trinajstić information content (AvgIpc) is 3.27. The zero-order chi connectivity index (χ0) is 19.8. The molecule has 3 N–H and O–H groups in total. The van der Waals surface area contributed by atoms with Crippen LogP contribution >= 0.6 is 24.0 Å². The van der Waals surface area contributed by atoms with Crippen molar-refractivity contribution >= 4 is 35.8 Å². The van der Waals surface area contributed by atoms with Crippen LogP contribution in [0.2, 0.25) is 0 Å². The van der Waals surface area contributed by atoms with Crippen molar-refractivity contribution < 1.29 is 9.47 Å². The molecular weight excluding hydrogens is 481 g/mol. The predicted octanol–water partition coefficient (Wildman–Crippen LogP) is 2.96. The molecule has 0 radical (unpaired) electrons. The zero-order valence-corrected chi connectivity index (χ0v) is 19.4. The van der Waals surface area contributed by atoms with E-state index in [1.807, 2.05) is 24.4 Å². The largest absolute Gasteiger partial charge is 0.493 e. The number of aromatic nitrogens is 1. The van der Waals surface area contributed by atoms with Crippen LogP contribution in [0.15, 0.2) is 41.5 Å². The molecule has 0 unspecified atom stereocenters. The molecule has 0 atom stereocenters. The number of hydrogen-bond acceptors (Lipinski definition) is 5. The number of pyridine rings is 1. The van der Waals surface area contributed by atoms with E-state index in [4.69, 9.17) is 15.2 Å². The van der Waals surface area contributed by atoms with Crippen LogP contribution in [0.3, 0.4) is 0 Å². The van der Waals surface area contributed by atoms with E-state index >= 15 is 0 Å². The van der Waals surface area contributed by atoms with Crippen LogP contribution in [-0.4, -0.2) is 44.8 Å². The molecule has 3 rings (SSSR count). The molecule has 0 aliphatic carbocycles. The highest BCUT2D eigenvalue weighted by Gasteiger charge is 2.12. The third kappa shape index (κ3) is 6.66. The Balaban J connectivity index is 0.00000300. The summed E-state index contributed by atoms with van der Waals surface area (Å²) in [7, 11) is 3.27. The second-order valence-electron chi connectivity index (χ2n) is 6.79. The molecule has 0 saturated carbocycles. The number of anilines is 1. The minimum atomic E-state index is 0. The highest BCUT2D eigenvalue weighted by molar-refractivity contribution is 14.0. The number of hydrogen-bond donors (Lipinski definition) is 2. The summed E-state index contributed by atoms with van der Waals surface area (Å²) in [5, 5.41) is 3.15. The highest BCUT2D eigenvalue weighted by atomic mass is 127. The number of rotatable bonds is 8. The lowest BCUT2D eigenvalue weighted by Gasteiger charge is -2.16. The van der Waals surface area contributed by atoms with E-state index in [0.29, 0.717) is 19.0 Å². The van der Waals surface area contributed by atoms with Crippen LogP contribution in [0.5, 0.6) is 11.5 Å². The number of halogens is 1. The maximum absolute atomic E-state index is 5.98. The summed E-state index contributed by atoms with van der Waals surface area (Å²) in [6.45, 7) is 3.41. The van der Waals surface area contributed by atoms with Crippen molar-refractivity contribution in [1.82, 2.24) is 10.3 Å². The SMILES string of the molecule is COc1ccc(CCNC(N)=NCc2ccc(N3CCCC3)nc2)cc1OC.I. The van der Waals surface area contributed by atoms with Gasteiger partial charge in [-0.25, -0.2) is 9.98 Å². The van der Waals surface area contributed by atoms with Crippen LogP contribution in [0.1, 0.15) is 24.0 Å². The lowest BCUT2D eigenvalue weighted by Crippen LogP contribution is -2.33. The maximum atomic E-state index is 5.98. The Morgan fingerprint density at radius 2 is 1.83 bits per heavy atom. The van der Waals surface area contributed by atoms with Crippen molar-refractivity contribution in [3.05, 3.63) is 47.7 Å². The summed E-state index contributed by atoms with van der Waals surface area (Å²) < 4.78 is 10.6. The Labute approximate surface area is 189 Å². The van der Waals surface area contributed by atoms with Crippen LogP contribution in [-0.2, 0) is 13.0 Å². The van der Waals surface area contributed by atoms with Crippen LogP contribution < -0.4 is 25.4 Å². The van der Waals surface area contributed by atoms with Gasteiger partial charge in [-0.1, -0.05) is 12.1 Å². The van der Waals surface area contributed by atoms with Gasteiger partial charge >= 0.3 is 0 Å². The number of aliphatic imine (C=N–C) groups is 1. The summed E-state index contributed by atoms with van der Waals surface area (Å²) >= 11 is 0. The molecule has 1 aromatic heterocycles. The quantitative estimate of drug-likeness (QED) is 0.322. The van der Waals surface area contributed by atoms with Crippen LogP contribution in [0.4, 0.5) is 5.82 Å². The number of nitrogens with zero attached hydrogens (tertiary/aromatic N) is 3. The molecule has 2 aromatic rings. The Morgan fingerprint density at radius 1 is 1.10 bits per heavy atom. The Morgan fingerprint density at radius 3 is 2.48 bits per heavy atom. The molecule has 8 heteroatoms. The summed E-state index contributed by atoms with van der Waals surface area (Å²) in [6.07, 6.45) is 5.19. The second-order valence-corrected chi connectivity index (χ2v) is 6.79. The van der Waals surface area contributed by atoms with Gasteiger partial charge in [0, 0.05) is 25.8 Å². The van der Waals surface area contributed by atoms with E-state index in [2.05, 4.69) is 32.3 Å². The Kier molecular flexibility index (Phi) is 9.30. The topological polar surface area (TPSA) is 85.0 Å². The molecule has 1 aromatic carbocycles. The molecule has 1 fully saturated rings. The van der Waals surface area contributed by atoms with Crippen molar-refractivity contribution in [2.24, 2.45) is 10.7 Å². The molecule has 1 aliphatic rings. The van der Waals surface area contributed by atoms with Crippen LogP contribution in [0.25, 0.3) is 0 Å². The number of benzene rings is 1. The molecule has 158 valence electrons. The monoisotopic (exact) mass is 511 g/mol. The fourth-order valence-electron chi connectivity index (χ4n) is 3.25. The zero-order valence-electron chi connectivity index (χ0n) is 17.1. The number of nitrogens with two attached hydrogens (primary N) is 1. The summed E-state index contributed by atoms with van der Waals surface area (Å²) in [6, 6.07) is 10.0. The van der Waals surface area contributed by atoms with Gasteiger partial charge in [-0.2, -0.15) is 0 Å². The minimum Gasteiger partial charge on any atom is -0.493 e. The van der Waals surface area contributed by atoms with Crippen molar-refractivity contribution in [2.45, 2.75) is 25.8 Å². The third-order valence-electron chi connectivity index (χ3n) is 4.84. The van der Waals surface area contributed by atoms with E-state index in [1.165, 1.54) is 12.8 Å². The van der Waals surface area contributed by atoms with Gasteiger partial charge in [-0.05, 0) is 48.6 Å². The molecule has 1 aliphatic heterocycles. The average molecular weight is 511 g/mol. The molecule has 0 spiro atoms. The normalized spacial score (nSPS) is 13.7. The molecule has 0 amide bonds. The van der Waals surface area contributed by atoms with E-state index in [1.54, 1.807) is 14.2 Å². The van der Waals surface area contributed by atoms with Gasteiger partial charge in [-0.15, -0.1) is 24.0 Å². The van der Waals surface area contributed by atoms with Gasteiger partial charge in [0.25, 0.3) is 0 Å². The van der Waals surface area contributed by atoms with Crippen LogP contribution in [0, 0.1) is 0 Å². The molecule has 7 nitrogen and oxygen atoms in total. The molecule has 1 saturated heterocycles. The number of nitrogens with one attached hydrogen (secondary N) is 1. The Hall–Kier alpha value is -2.23. The lowest BCUT2D eigenvalue weighted by atomic mass is 10.1. The first kappa shape index (κ1) is 23.1. The summed E-state index contributed by atoms with van der Waals surface area (Å²) in [4.78, 5) is 11.3. The first-order valence-corrected chi connectivity index (χ1v) is 9.64. The van der Waals surface area contributed by atoms with Gasteiger partial charge in [-0.3, -0.25) is 0 Å². The van der Waals surface area contributed by atoms with Gasteiger partial charge in [0.1, 0.15) is 5.82 Å². The van der Waals surface area contributed by atoms with E-state index in [-0.39, 0.29) is 24.0 Å². The van der Waals surface area contributed by atoms with Gasteiger partial charge < -0.3 is 25.4 Å². The first-order valence-electron chi connectivity index (χ1n) is 9.64. The van der Waals surface area contributed by atoms with E-state index in [9.17, 15) is 0 Å². The van der Waals surface area contributed by atoms with Gasteiger partial charge in [0.05, 0.1) is 20.8 Å². The molecule has 2 heterocycles. The standard InChI is InChI=1S/C21H29N5O2.HI/c1-27-18-7-5-16(13-19(18)28-2)9-10-23-21(22)25-15-17-6-8-20(24-14-17)26-11-3-4-12-26;/h5-8,13-14H,3-4,9-12,15H2,1-2H3,(H3,22,23,25);1H. The predicted molar refractivity (Wildman–Crippen MR) is 128 cm³/mol. The third-order valence-corrected chi connectivity index (χ3v) is 4.84. The summed E-state index contributed by atoms with van der Waals surface area (Å²) in [5.41, 5.74) is 8.17. The minimum absolute atomic E-state index is 0. The van der Waals surface area contributed by atoms with Crippen molar-refractivity contribution in [1.29, 1.82) is 0 Å². The van der Waals surface area contributed by atoms with Gasteiger partial charge in [0.2, 0.25) is 0 Å². The molecular formula is C21H30IN5O2. The smallest absolute Gasteiger partial charge is 0.188 e. The number of guanidine groups is 1. The van der Waals surface area contributed by atoms with Crippen molar-refractivity contribution in [2.75, 3.05) is 38.8 Å². The van der Waals surface area contributed by atoms with E-state index < -0.39 is 0 Å². The number of ether oxygens (including phenoxy) is 2. The maximum Gasteiger partial charge on any atom is 0.188 e. The van der Waals surface area contributed by atoms with Crippen molar-refractivity contribution in [3.8, 4) is 11.5 Å². The lowest BCUT2D eigenvalue weighted by molar-refractivity contribution is 0.354. The van der Waals surface area contributed by atoms with E-state index in [0.717, 1.165) is 48.0 Å². The fraction of sp³-hybridized carbons (Fsp3) is 0.429. The molecule has 0 bridgehead atoms. The van der Waals surface area contributed by atoms with Crippen molar-refractivity contribution in [3.63, 3.8) is 0 Å².